The third-order valence-electron chi connectivity index (χ3n) is 3.90. The molecular formula is C13H22ClN3S. The smallest absolute Gasteiger partial charge is 0.110 e. The van der Waals surface area contributed by atoms with E-state index < -0.39 is 0 Å². The lowest BCUT2D eigenvalue weighted by Gasteiger charge is -2.29. The molecule has 0 saturated carbocycles. The molecule has 1 aliphatic heterocycles. The van der Waals surface area contributed by atoms with Crippen molar-refractivity contribution in [3.05, 3.63) is 16.1 Å². The zero-order chi connectivity index (χ0) is 13.1. The van der Waals surface area contributed by atoms with Gasteiger partial charge >= 0.3 is 0 Å². The number of likely N-dealkylation sites (tertiary alicyclic amines) is 1. The first kappa shape index (κ1) is 14.3. The fourth-order valence-electron chi connectivity index (χ4n) is 2.46. The normalized spacial score (nSPS) is 22.8. The van der Waals surface area contributed by atoms with Crippen molar-refractivity contribution in [1.82, 2.24) is 14.8 Å². The summed E-state index contributed by atoms with van der Waals surface area (Å²) < 4.78 is 0. The predicted octanol–water partition coefficient (Wildman–Crippen LogP) is 2.97. The van der Waals surface area contributed by atoms with Gasteiger partial charge in [0.05, 0.1) is 17.6 Å². The average Bonchev–Trinajstić information content (AvgIpc) is 2.98. The number of halogens is 1. The van der Waals surface area contributed by atoms with Crippen LogP contribution in [0.25, 0.3) is 0 Å². The summed E-state index contributed by atoms with van der Waals surface area (Å²) in [4.78, 5) is 9.45. The van der Waals surface area contributed by atoms with Crippen molar-refractivity contribution >= 4 is 22.9 Å². The first-order valence-electron chi connectivity index (χ1n) is 6.52. The van der Waals surface area contributed by atoms with Gasteiger partial charge in [0.1, 0.15) is 5.01 Å². The fourth-order valence-corrected chi connectivity index (χ4v) is 3.63. The first-order valence-corrected chi connectivity index (χ1v) is 7.94. The van der Waals surface area contributed by atoms with E-state index in [2.05, 4.69) is 41.2 Å². The van der Waals surface area contributed by atoms with E-state index in [9.17, 15) is 0 Å². The summed E-state index contributed by atoms with van der Waals surface area (Å²) in [5, 5.41) is 3.24. The lowest BCUT2D eigenvalue weighted by molar-refractivity contribution is 0.185. The van der Waals surface area contributed by atoms with Crippen molar-refractivity contribution in [2.75, 3.05) is 27.2 Å². The van der Waals surface area contributed by atoms with Crippen molar-refractivity contribution in [2.45, 2.75) is 37.7 Å². The number of hydrogen-bond donors (Lipinski definition) is 0. The second-order valence-electron chi connectivity index (χ2n) is 5.20. The van der Waals surface area contributed by atoms with Crippen LogP contribution in [0.5, 0.6) is 0 Å². The molecule has 0 aliphatic carbocycles. The van der Waals surface area contributed by atoms with Gasteiger partial charge in [-0.05, 0) is 40.4 Å². The second kappa shape index (κ2) is 6.33. The first-order chi connectivity index (χ1) is 8.61. The minimum Gasteiger partial charge on any atom is -0.302 e. The number of thiazole rings is 1. The number of rotatable bonds is 5. The van der Waals surface area contributed by atoms with Crippen molar-refractivity contribution < 1.29 is 0 Å². The van der Waals surface area contributed by atoms with Crippen LogP contribution in [0, 0.1) is 0 Å². The van der Waals surface area contributed by atoms with Crippen LogP contribution < -0.4 is 0 Å². The maximum Gasteiger partial charge on any atom is 0.110 e. The monoisotopic (exact) mass is 287 g/mol. The molecule has 5 heteroatoms. The van der Waals surface area contributed by atoms with Gasteiger partial charge in [0.25, 0.3) is 0 Å². The van der Waals surface area contributed by atoms with Gasteiger partial charge in [-0.3, -0.25) is 4.90 Å². The van der Waals surface area contributed by atoms with E-state index in [1.807, 2.05) is 0 Å². The Hall–Kier alpha value is -0.160. The van der Waals surface area contributed by atoms with Crippen molar-refractivity contribution in [3.63, 3.8) is 0 Å². The zero-order valence-electron chi connectivity index (χ0n) is 11.4. The third-order valence-corrected chi connectivity index (χ3v) is 5.23. The molecule has 2 unspecified atom stereocenters. The minimum absolute atomic E-state index is 0.376. The van der Waals surface area contributed by atoms with E-state index in [-0.39, 0.29) is 0 Å². The van der Waals surface area contributed by atoms with Crippen LogP contribution in [0.3, 0.4) is 0 Å². The summed E-state index contributed by atoms with van der Waals surface area (Å²) in [6.45, 7) is 4.58. The number of alkyl halides is 1. The molecule has 1 saturated heterocycles. The summed E-state index contributed by atoms with van der Waals surface area (Å²) in [6.07, 6.45) is 2.65. The predicted molar refractivity (Wildman–Crippen MR) is 78.4 cm³/mol. The number of nitrogens with zero attached hydrogens (tertiary/aromatic N) is 3. The van der Waals surface area contributed by atoms with E-state index in [1.165, 1.54) is 24.4 Å². The lowest BCUT2D eigenvalue weighted by atomic mass is 10.2. The molecule has 0 radical (unpaired) electrons. The van der Waals surface area contributed by atoms with Crippen LogP contribution in [-0.4, -0.2) is 48.0 Å². The van der Waals surface area contributed by atoms with Crippen molar-refractivity contribution in [3.8, 4) is 0 Å². The highest BCUT2D eigenvalue weighted by Crippen LogP contribution is 2.25. The lowest BCUT2D eigenvalue weighted by Crippen LogP contribution is -2.37. The molecule has 2 rings (SSSR count). The quantitative estimate of drug-likeness (QED) is 0.776. The van der Waals surface area contributed by atoms with Gasteiger partial charge in [0.15, 0.2) is 0 Å². The fraction of sp³-hybridized carbons (Fsp3) is 0.769. The van der Waals surface area contributed by atoms with Crippen LogP contribution in [0.2, 0.25) is 0 Å². The SMILES string of the molecule is CC(c1nc(CCl)cs1)N(C)CC1CCCN1C. The van der Waals surface area contributed by atoms with Gasteiger partial charge < -0.3 is 4.90 Å². The zero-order valence-corrected chi connectivity index (χ0v) is 13.0. The molecule has 1 aliphatic rings. The van der Waals surface area contributed by atoms with Crippen LogP contribution in [-0.2, 0) is 5.88 Å². The average molecular weight is 288 g/mol. The third kappa shape index (κ3) is 3.23. The molecule has 18 heavy (non-hydrogen) atoms. The molecule has 1 aromatic heterocycles. The Balaban J connectivity index is 1.93. The molecule has 2 atom stereocenters. The van der Waals surface area contributed by atoms with Gasteiger partial charge in [-0.25, -0.2) is 4.98 Å². The molecule has 0 spiro atoms. The number of likely N-dealkylation sites (N-methyl/N-ethyl adjacent to an activating group) is 2. The van der Waals surface area contributed by atoms with Crippen molar-refractivity contribution in [1.29, 1.82) is 0 Å². The molecule has 0 N–H and O–H groups in total. The maximum atomic E-state index is 5.81. The van der Waals surface area contributed by atoms with E-state index in [4.69, 9.17) is 11.6 Å². The Morgan fingerprint density at radius 2 is 2.44 bits per heavy atom. The Bertz CT molecular complexity index is 382. The number of hydrogen-bond acceptors (Lipinski definition) is 4. The maximum absolute atomic E-state index is 5.81. The van der Waals surface area contributed by atoms with E-state index in [1.54, 1.807) is 11.3 Å². The topological polar surface area (TPSA) is 19.4 Å². The standard InChI is InChI=1S/C13H22ClN3S/c1-10(13-15-11(7-14)9-18-13)17(3)8-12-5-4-6-16(12)2/h9-10,12H,4-8H2,1-3H3. The van der Waals surface area contributed by atoms with Gasteiger partial charge in [-0.15, -0.1) is 22.9 Å². The van der Waals surface area contributed by atoms with Crippen LogP contribution in [0.1, 0.15) is 36.5 Å². The van der Waals surface area contributed by atoms with Crippen molar-refractivity contribution in [2.24, 2.45) is 0 Å². The second-order valence-corrected chi connectivity index (χ2v) is 6.36. The van der Waals surface area contributed by atoms with E-state index in [0.717, 1.165) is 12.2 Å². The highest BCUT2D eigenvalue weighted by Gasteiger charge is 2.25. The molecule has 2 heterocycles. The van der Waals surface area contributed by atoms with Gasteiger partial charge in [0.2, 0.25) is 0 Å². The summed E-state index contributed by atoms with van der Waals surface area (Å²) in [5.41, 5.74) is 0.995. The highest BCUT2D eigenvalue weighted by molar-refractivity contribution is 7.09. The van der Waals surface area contributed by atoms with Gasteiger partial charge in [-0.2, -0.15) is 0 Å². The Kier molecular flexibility index (Phi) is 5.01. The highest BCUT2D eigenvalue weighted by atomic mass is 35.5. The van der Waals surface area contributed by atoms with Gasteiger partial charge in [0, 0.05) is 18.0 Å². The summed E-state index contributed by atoms with van der Waals surface area (Å²) in [5.74, 6) is 0.512. The minimum atomic E-state index is 0.376. The molecule has 3 nitrogen and oxygen atoms in total. The molecule has 1 aromatic rings. The molecule has 0 aromatic carbocycles. The molecule has 102 valence electrons. The Labute approximate surface area is 119 Å². The Morgan fingerprint density at radius 3 is 3.00 bits per heavy atom. The summed E-state index contributed by atoms with van der Waals surface area (Å²) in [6, 6.07) is 1.07. The van der Waals surface area contributed by atoms with Crippen LogP contribution >= 0.6 is 22.9 Å². The molecule has 1 fully saturated rings. The van der Waals surface area contributed by atoms with Crippen LogP contribution in [0.4, 0.5) is 0 Å². The molecule has 0 bridgehead atoms. The molecular weight excluding hydrogens is 266 g/mol. The van der Waals surface area contributed by atoms with Crippen LogP contribution in [0.15, 0.2) is 5.38 Å². The number of aromatic nitrogens is 1. The van der Waals surface area contributed by atoms with Gasteiger partial charge in [-0.1, -0.05) is 0 Å². The molecule has 0 amide bonds. The van der Waals surface area contributed by atoms with E-state index >= 15 is 0 Å². The largest absolute Gasteiger partial charge is 0.302 e. The Morgan fingerprint density at radius 1 is 1.67 bits per heavy atom. The summed E-state index contributed by atoms with van der Waals surface area (Å²) in [7, 11) is 4.42. The summed E-state index contributed by atoms with van der Waals surface area (Å²) >= 11 is 7.52. The van der Waals surface area contributed by atoms with E-state index in [0.29, 0.717) is 18.0 Å².